The number of amides is 1. The number of rotatable bonds is 9. The van der Waals surface area contributed by atoms with Crippen molar-refractivity contribution in [2.24, 2.45) is 5.73 Å². The molecule has 0 aliphatic heterocycles. The van der Waals surface area contributed by atoms with Crippen LogP contribution in [0.25, 0.3) is 26.7 Å². The van der Waals surface area contributed by atoms with E-state index in [2.05, 4.69) is 28.8 Å². The molecule has 5 N–H and O–H groups in total. The SMILES string of the molecule is C=CC(=C)n1c(CN/C(C)=C(/CN)C(=N)c2ccc3nc(NC(C)=O)sc3c2)cc2cccc(C)c2c1=O. The van der Waals surface area contributed by atoms with Crippen molar-refractivity contribution in [2.75, 3.05) is 11.9 Å². The minimum Gasteiger partial charge on any atom is -0.383 e. The molecule has 4 rings (SSSR count). The average Bonchev–Trinajstić information content (AvgIpc) is 3.28. The minimum absolute atomic E-state index is 0.146. The van der Waals surface area contributed by atoms with E-state index >= 15 is 0 Å². The summed E-state index contributed by atoms with van der Waals surface area (Å²) in [6.07, 6.45) is 1.56. The van der Waals surface area contributed by atoms with E-state index in [0.29, 0.717) is 33.9 Å². The number of hydrogen-bond donors (Lipinski definition) is 4. The third kappa shape index (κ3) is 5.20. The molecule has 0 saturated heterocycles. The Morgan fingerprint density at radius 3 is 2.68 bits per heavy atom. The van der Waals surface area contributed by atoms with Crippen molar-refractivity contribution >= 4 is 54.8 Å². The van der Waals surface area contributed by atoms with Crippen molar-refractivity contribution < 1.29 is 4.79 Å². The highest BCUT2D eigenvalue weighted by Gasteiger charge is 2.15. The second-order valence-corrected chi connectivity index (χ2v) is 9.96. The molecule has 0 unspecified atom stereocenters. The monoisotopic (exact) mass is 526 g/mol. The maximum atomic E-state index is 13.4. The topological polar surface area (TPSA) is 126 Å². The van der Waals surface area contributed by atoms with E-state index in [1.807, 2.05) is 56.3 Å². The highest BCUT2D eigenvalue weighted by atomic mass is 32.1. The van der Waals surface area contributed by atoms with Crippen LogP contribution in [0.4, 0.5) is 5.13 Å². The Morgan fingerprint density at radius 1 is 1.24 bits per heavy atom. The number of nitrogens with one attached hydrogen (secondary N) is 3. The smallest absolute Gasteiger partial charge is 0.263 e. The lowest BCUT2D eigenvalue weighted by molar-refractivity contribution is -0.114. The quantitative estimate of drug-likeness (QED) is 0.182. The summed E-state index contributed by atoms with van der Waals surface area (Å²) in [5.74, 6) is -0.185. The van der Waals surface area contributed by atoms with Crippen LogP contribution in [-0.4, -0.2) is 27.7 Å². The second-order valence-electron chi connectivity index (χ2n) is 8.93. The Bertz CT molecular complexity index is 1710. The van der Waals surface area contributed by atoms with Crippen LogP contribution in [0.15, 0.2) is 77.8 Å². The van der Waals surface area contributed by atoms with Crippen LogP contribution in [-0.2, 0) is 11.3 Å². The zero-order valence-corrected chi connectivity index (χ0v) is 22.5. The van der Waals surface area contributed by atoms with Crippen molar-refractivity contribution in [1.82, 2.24) is 14.9 Å². The Labute approximate surface area is 224 Å². The molecule has 2 heterocycles. The van der Waals surface area contributed by atoms with Crippen molar-refractivity contribution in [3.63, 3.8) is 0 Å². The molecular weight excluding hydrogens is 496 g/mol. The molecule has 0 spiro atoms. The minimum atomic E-state index is -0.185. The van der Waals surface area contributed by atoms with Gasteiger partial charge in [0.05, 0.1) is 27.9 Å². The van der Waals surface area contributed by atoms with Gasteiger partial charge in [-0.3, -0.25) is 19.6 Å². The summed E-state index contributed by atoms with van der Waals surface area (Å²) >= 11 is 1.35. The molecule has 0 aliphatic rings. The summed E-state index contributed by atoms with van der Waals surface area (Å²) < 4.78 is 2.43. The van der Waals surface area contributed by atoms with E-state index in [0.717, 1.165) is 32.6 Å². The third-order valence-corrected chi connectivity index (χ3v) is 7.24. The molecule has 38 heavy (non-hydrogen) atoms. The highest BCUT2D eigenvalue weighted by molar-refractivity contribution is 7.22. The van der Waals surface area contributed by atoms with Crippen LogP contribution >= 0.6 is 11.3 Å². The van der Waals surface area contributed by atoms with E-state index in [1.165, 1.54) is 18.3 Å². The first-order valence-electron chi connectivity index (χ1n) is 12.0. The van der Waals surface area contributed by atoms with Gasteiger partial charge in [0.2, 0.25) is 5.91 Å². The number of benzene rings is 2. The number of carbonyl (C=O) groups is 1. The number of fused-ring (bicyclic) bond motifs is 2. The number of hydrogen-bond acceptors (Lipinski definition) is 7. The normalized spacial score (nSPS) is 11.8. The first-order valence-corrected chi connectivity index (χ1v) is 12.8. The van der Waals surface area contributed by atoms with Gasteiger partial charge in [-0.25, -0.2) is 4.98 Å². The van der Waals surface area contributed by atoms with Gasteiger partial charge in [0.15, 0.2) is 5.13 Å². The lowest BCUT2D eigenvalue weighted by Gasteiger charge is -2.18. The molecule has 0 atom stereocenters. The van der Waals surface area contributed by atoms with Gasteiger partial charge in [0.25, 0.3) is 5.56 Å². The molecule has 0 aliphatic carbocycles. The van der Waals surface area contributed by atoms with Gasteiger partial charge >= 0.3 is 0 Å². The predicted octanol–water partition coefficient (Wildman–Crippen LogP) is 4.93. The number of aromatic nitrogens is 2. The Morgan fingerprint density at radius 2 is 2.00 bits per heavy atom. The zero-order valence-electron chi connectivity index (χ0n) is 21.6. The number of thiazole rings is 1. The number of nitrogens with two attached hydrogens (primary N) is 1. The molecule has 0 fully saturated rings. The summed E-state index contributed by atoms with van der Waals surface area (Å²) in [7, 11) is 0. The average molecular weight is 527 g/mol. The Hall–Kier alpha value is -4.34. The first-order chi connectivity index (χ1) is 18.1. The summed E-state index contributed by atoms with van der Waals surface area (Å²) in [5.41, 5.74) is 11.1. The van der Waals surface area contributed by atoms with Gasteiger partial charge in [-0.2, -0.15) is 0 Å². The van der Waals surface area contributed by atoms with Gasteiger partial charge in [-0.05, 0) is 49.1 Å². The van der Waals surface area contributed by atoms with Gasteiger partial charge in [0.1, 0.15) is 0 Å². The van der Waals surface area contributed by atoms with Crippen molar-refractivity contribution in [3.8, 4) is 0 Å². The number of carbonyl (C=O) groups excluding carboxylic acids is 1. The lowest BCUT2D eigenvalue weighted by atomic mass is 10.0. The number of allylic oxidation sites excluding steroid dienone is 3. The molecule has 0 bridgehead atoms. The molecule has 4 aromatic rings. The number of nitrogens with zero attached hydrogens (tertiary/aromatic N) is 2. The summed E-state index contributed by atoms with van der Waals surface area (Å²) in [6, 6.07) is 13.3. The van der Waals surface area contributed by atoms with Crippen LogP contribution in [0.1, 0.15) is 30.7 Å². The predicted molar refractivity (Wildman–Crippen MR) is 158 cm³/mol. The van der Waals surface area contributed by atoms with Gasteiger partial charge in [0, 0.05) is 41.7 Å². The van der Waals surface area contributed by atoms with Crippen LogP contribution in [0.5, 0.6) is 0 Å². The lowest BCUT2D eigenvalue weighted by Crippen LogP contribution is -2.27. The van der Waals surface area contributed by atoms with Crippen molar-refractivity contribution in [1.29, 1.82) is 5.41 Å². The van der Waals surface area contributed by atoms with Gasteiger partial charge < -0.3 is 16.4 Å². The maximum Gasteiger partial charge on any atom is 0.263 e. The summed E-state index contributed by atoms with van der Waals surface area (Å²) in [5, 5.41) is 16.9. The number of aryl methyl sites for hydroxylation is 1. The molecular formula is C29H30N6O2S. The fourth-order valence-electron chi connectivity index (χ4n) is 4.36. The largest absolute Gasteiger partial charge is 0.383 e. The molecule has 8 nitrogen and oxygen atoms in total. The van der Waals surface area contributed by atoms with E-state index in [1.54, 1.807) is 10.6 Å². The molecule has 194 valence electrons. The number of pyridine rings is 1. The Kier molecular flexibility index (Phi) is 7.70. The maximum absolute atomic E-state index is 13.4. The van der Waals surface area contributed by atoms with E-state index in [9.17, 15) is 9.59 Å². The van der Waals surface area contributed by atoms with Gasteiger partial charge in [-0.1, -0.05) is 48.8 Å². The van der Waals surface area contributed by atoms with Crippen LogP contribution in [0, 0.1) is 12.3 Å². The van der Waals surface area contributed by atoms with Crippen molar-refractivity contribution in [3.05, 3.63) is 100 Å². The van der Waals surface area contributed by atoms with E-state index < -0.39 is 0 Å². The molecule has 0 radical (unpaired) electrons. The molecule has 0 saturated carbocycles. The van der Waals surface area contributed by atoms with Crippen molar-refractivity contribution in [2.45, 2.75) is 27.3 Å². The standard InChI is InChI=1S/C29H30N6O2S/c1-6-17(3)35-22(12-20-9-7-8-16(2)26(20)28(35)37)15-32-18(4)23(14-30)27(31)21-10-11-24-25(13-21)38-29(34-24)33-19(5)36/h6-13,31-32H,1,3,14-15,30H2,2,4-5H3,(H,33,34,36)/b23-18-,31-27?. The molecule has 2 aromatic carbocycles. The summed E-state index contributed by atoms with van der Waals surface area (Å²) in [4.78, 5) is 29.2. The first kappa shape index (κ1) is 26.7. The molecule has 9 heteroatoms. The zero-order chi connectivity index (χ0) is 27.6. The molecule has 1 amide bonds. The van der Waals surface area contributed by atoms with Crippen LogP contribution in [0.3, 0.4) is 0 Å². The van der Waals surface area contributed by atoms with E-state index in [-0.39, 0.29) is 23.7 Å². The fourth-order valence-corrected chi connectivity index (χ4v) is 5.31. The second kappa shape index (κ2) is 11.0. The van der Waals surface area contributed by atoms with Crippen LogP contribution in [0.2, 0.25) is 0 Å². The molecule has 2 aromatic heterocycles. The number of anilines is 1. The Balaban J connectivity index is 1.66. The van der Waals surface area contributed by atoms with Crippen LogP contribution < -0.4 is 21.9 Å². The third-order valence-electron chi connectivity index (χ3n) is 6.31. The van der Waals surface area contributed by atoms with E-state index in [4.69, 9.17) is 11.1 Å². The highest BCUT2D eigenvalue weighted by Crippen LogP contribution is 2.28. The fraction of sp³-hybridized carbons (Fsp3) is 0.172. The summed E-state index contributed by atoms with van der Waals surface area (Å²) in [6.45, 7) is 13.5. The van der Waals surface area contributed by atoms with Gasteiger partial charge in [-0.15, -0.1) is 0 Å².